The number of rotatable bonds is 4. The van der Waals surface area contributed by atoms with E-state index in [-0.39, 0.29) is 17.3 Å². The number of halogens is 2. The Balaban J connectivity index is 2.12. The Hall–Kier alpha value is -1.78. The van der Waals surface area contributed by atoms with Crippen LogP contribution in [-0.4, -0.2) is 4.92 Å². The Morgan fingerprint density at radius 3 is 2.63 bits per heavy atom. The molecule has 0 saturated carbocycles. The van der Waals surface area contributed by atoms with Crippen molar-refractivity contribution >= 4 is 28.9 Å². The second-order valence-corrected chi connectivity index (χ2v) is 4.63. The van der Waals surface area contributed by atoms with Crippen LogP contribution in [0.15, 0.2) is 42.5 Å². The number of nitro groups is 1. The highest BCUT2D eigenvalue weighted by molar-refractivity contribution is 6.32. The van der Waals surface area contributed by atoms with Gasteiger partial charge in [0.1, 0.15) is 17.4 Å². The lowest BCUT2D eigenvalue weighted by molar-refractivity contribution is -0.384. The first-order valence-corrected chi connectivity index (χ1v) is 6.13. The zero-order chi connectivity index (χ0) is 13.8. The first-order valence-electron chi connectivity index (χ1n) is 5.37. The standard InChI is InChI=1S/C13H9Cl2NO3/c14-10-2-1-3-11(7-10)19-8-9-4-5-12(15)13(6-9)16(17)18/h1-7H,8H2. The summed E-state index contributed by atoms with van der Waals surface area (Å²) in [7, 11) is 0. The molecule has 0 bridgehead atoms. The summed E-state index contributed by atoms with van der Waals surface area (Å²) in [5, 5.41) is 11.4. The fourth-order valence-electron chi connectivity index (χ4n) is 1.51. The molecule has 98 valence electrons. The van der Waals surface area contributed by atoms with Gasteiger partial charge in [-0.05, 0) is 29.8 Å². The molecule has 2 aromatic carbocycles. The average molecular weight is 298 g/mol. The van der Waals surface area contributed by atoms with Crippen LogP contribution in [0.2, 0.25) is 10.0 Å². The molecule has 0 aliphatic carbocycles. The van der Waals surface area contributed by atoms with E-state index in [1.165, 1.54) is 12.1 Å². The number of hydrogen-bond acceptors (Lipinski definition) is 3. The van der Waals surface area contributed by atoms with Crippen LogP contribution in [0.3, 0.4) is 0 Å². The predicted octanol–water partition coefficient (Wildman–Crippen LogP) is 4.48. The number of hydrogen-bond donors (Lipinski definition) is 0. The van der Waals surface area contributed by atoms with Crippen LogP contribution in [0.4, 0.5) is 5.69 Å². The Bertz CT molecular complexity index is 617. The molecule has 0 radical (unpaired) electrons. The van der Waals surface area contributed by atoms with Crippen molar-refractivity contribution in [1.82, 2.24) is 0 Å². The lowest BCUT2D eigenvalue weighted by Gasteiger charge is -2.06. The van der Waals surface area contributed by atoms with Crippen molar-refractivity contribution in [1.29, 1.82) is 0 Å². The lowest BCUT2D eigenvalue weighted by atomic mass is 10.2. The maximum absolute atomic E-state index is 10.8. The summed E-state index contributed by atoms with van der Waals surface area (Å²) >= 11 is 11.6. The SMILES string of the molecule is O=[N+]([O-])c1cc(COc2cccc(Cl)c2)ccc1Cl. The van der Waals surface area contributed by atoms with Crippen LogP contribution in [0.5, 0.6) is 5.75 Å². The van der Waals surface area contributed by atoms with E-state index >= 15 is 0 Å². The van der Waals surface area contributed by atoms with Crippen LogP contribution >= 0.6 is 23.2 Å². The zero-order valence-electron chi connectivity index (χ0n) is 9.68. The predicted molar refractivity (Wildman–Crippen MR) is 73.9 cm³/mol. The van der Waals surface area contributed by atoms with Gasteiger partial charge in [0.25, 0.3) is 5.69 Å². The number of nitrogens with zero attached hydrogens (tertiary/aromatic N) is 1. The van der Waals surface area contributed by atoms with Crippen LogP contribution in [0.1, 0.15) is 5.56 Å². The summed E-state index contributed by atoms with van der Waals surface area (Å²) in [4.78, 5) is 10.2. The average Bonchev–Trinajstić information content (AvgIpc) is 2.37. The largest absolute Gasteiger partial charge is 0.489 e. The summed E-state index contributed by atoms with van der Waals surface area (Å²) in [6, 6.07) is 11.5. The van der Waals surface area contributed by atoms with E-state index < -0.39 is 4.92 Å². The third-order valence-electron chi connectivity index (χ3n) is 2.41. The van der Waals surface area contributed by atoms with Gasteiger partial charge in [-0.3, -0.25) is 10.1 Å². The van der Waals surface area contributed by atoms with Crippen molar-refractivity contribution in [3.63, 3.8) is 0 Å². The van der Waals surface area contributed by atoms with Gasteiger partial charge < -0.3 is 4.74 Å². The smallest absolute Gasteiger partial charge is 0.288 e. The highest BCUT2D eigenvalue weighted by Crippen LogP contribution is 2.26. The van der Waals surface area contributed by atoms with Crippen molar-refractivity contribution in [3.8, 4) is 5.75 Å². The second kappa shape index (κ2) is 5.91. The second-order valence-electron chi connectivity index (χ2n) is 3.79. The molecule has 2 aromatic rings. The van der Waals surface area contributed by atoms with E-state index in [9.17, 15) is 10.1 Å². The molecule has 6 heteroatoms. The molecule has 0 aliphatic rings. The van der Waals surface area contributed by atoms with E-state index in [0.29, 0.717) is 16.3 Å². The van der Waals surface area contributed by atoms with Crippen LogP contribution in [0, 0.1) is 10.1 Å². The first kappa shape index (κ1) is 13.6. The molecular formula is C13H9Cl2NO3. The van der Waals surface area contributed by atoms with Gasteiger partial charge in [-0.25, -0.2) is 0 Å². The molecule has 0 unspecified atom stereocenters. The van der Waals surface area contributed by atoms with Crippen molar-refractivity contribution in [2.75, 3.05) is 0 Å². The van der Waals surface area contributed by atoms with Crippen LogP contribution in [0.25, 0.3) is 0 Å². The molecular weight excluding hydrogens is 289 g/mol. The minimum absolute atomic E-state index is 0.108. The van der Waals surface area contributed by atoms with Crippen molar-refractivity contribution < 1.29 is 9.66 Å². The molecule has 19 heavy (non-hydrogen) atoms. The summed E-state index contributed by atoms with van der Waals surface area (Å²) in [5.41, 5.74) is 0.532. The third-order valence-corrected chi connectivity index (χ3v) is 2.96. The van der Waals surface area contributed by atoms with E-state index in [4.69, 9.17) is 27.9 Å². The molecule has 0 amide bonds. The monoisotopic (exact) mass is 297 g/mol. The Kier molecular flexibility index (Phi) is 4.24. The van der Waals surface area contributed by atoms with Crippen molar-refractivity contribution in [3.05, 3.63) is 68.2 Å². The lowest BCUT2D eigenvalue weighted by Crippen LogP contribution is -1.97. The van der Waals surface area contributed by atoms with Crippen molar-refractivity contribution in [2.24, 2.45) is 0 Å². The van der Waals surface area contributed by atoms with Gasteiger partial charge in [0.15, 0.2) is 0 Å². The zero-order valence-corrected chi connectivity index (χ0v) is 11.2. The number of nitro benzene ring substituents is 1. The van der Waals surface area contributed by atoms with E-state index in [2.05, 4.69) is 0 Å². The van der Waals surface area contributed by atoms with E-state index in [0.717, 1.165) is 0 Å². The molecule has 4 nitrogen and oxygen atoms in total. The minimum Gasteiger partial charge on any atom is -0.489 e. The highest BCUT2D eigenvalue weighted by atomic mass is 35.5. The quantitative estimate of drug-likeness (QED) is 0.617. The Morgan fingerprint density at radius 1 is 1.16 bits per heavy atom. The van der Waals surface area contributed by atoms with Crippen molar-refractivity contribution in [2.45, 2.75) is 6.61 Å². The van der Waals surface area contributed by atoms with Gasteiger partial charge in [-0.2, -0.15) is 0 Å². The first-order chi connectivity index (χ1) is 9.06. The van der Waals surface area contributed by atoms with E-state index in [1.54, 1.807) is 30.3 Å². The molecule has 0 N–H and O–H groups in total. The number of ether oxygens (including phenoxy) is 1. The topological polar surface area (TPSA) is 52.4 Å². The van der Waals surface area contributed by atoms with Gasteiger partial charge in [-0.15, -0.1) is 0 Å². The fourth-order valence-corrected chi connectivity index (χ4v) is 1.88. The normalized spacial score (nSPS) is 10.2. The summed E-state index contributed by atoms with van der Waals surface area (Å²) in [6.45, 7) is 0.207. The Labute approximate surface area is 119 Å². The molecule has 0 fully saturated rings. The molecule has 0 saturated heterocycles. The van der Waals surface area contributed by atoms with Gasteiger partial charge in [0.05, 0.1) is 4.92 Å². The molecule has 0 atom stereocenters. The molecule has 0 spiro atoms. The summed E-state index contributed by atoms with van der Waals surface area (Å²) in [5.74, 6) is 0.602. The minimum atomic E-state index is -0.523. The summed E-state index contributed by atoms with van der Waals surface area (Å²) in [6.07, 6.45) is 0. The van der Waals surface area contributed by atoms with E-state index in [1.807, 2.05) is 0 Å². The van der Waals surface area contributed by atoms with Gasteiger partial charge in [0.2, 0.25) is 0 Å². The van der Waals surface area contributed by atoms with Gasteiger partial charge in [0, 0.05) is 11.1 Å². The maximum Gasteiger partial charge on any atom is 0.288 e. The third kappa shape index (κ3) is 3.59. The van der Waals surface area contributed by atoms with Gasteiger partial charge >= 0.3 is 0 Å². The number of benzene rings is 2. The van der Waals surface area contributed by atoms with Crippen LogP contribution in [-0.2, 0) is 6.61 Å². The highest BCUT2D eigenvalue weighted by Gasteiger charge is 2.12. The molecule has 0 aromatic heterocycles. The molecule has 0 aliphatic heterocycles. The maximum atomic E-state index is 10.8. The summed E-state index contributed by atoms with van der Waals surface area (Å²) < 4.78 is 5.50. The Morgan fingerprint density at radius 2 is 1.95 bits per heavy atom. The molecule has 0 heterocycles. The molecule has 2 rings (SSSR count). The fraction of sp³-hybridized carbons (Fsp3) is 0.0769. The van der Waals surface area contributed by atoms with Gasteiger partial charge in [-0.1, -0.05) is 35.3 Å². The van der Waals surface area contributed by atoms with Crippen LogP contribution < -0.4 is 4.74 Å².